The minimum absolute atomic E-state index is 0.0814. The van der Waals surface area contributed by atoms with Gasteiger partial charge in [0.2, 0.25) is 0 Å². The van der Waals surface area contributed by atoms with E-state index < -0.39 is 11.0 Å². The van der Waals surface area contributed by atoms with E-state index in [2.05, 4.69) is 10.1 Å². The van der Waals surface area contributed by atoms with Crippen LogP contribution in [-0.2, 0) is 9.53 Å². The molecule has 1 aliphatic heterocycles. The minimum Gasteiger partial charge on any atom is -0.367 e. The number of carbonyl (C=O) groups excluding carboxylic acids is 2. The van der Waals surface area contributed by atoms with Crippen molar-refractivity contribution in [3.8, 4) is 6.07 Å². The Labute approximate surface area is 176 Å². The Morgan fingerprint density at radius 2 is 2.10 bits per heavy atom. The molecule has 3 heterocycles. The fourth-order valence-electron chi connectivity index (χ4n) is 3.99. The van der Waals surface area contributed by atoms with Crippen LogP contribution in [0.2, 0.25) is 0 Å². The number of morpholine rings is 1. The molecular formula is C21H24BN5O3. The Morgan fingerprint density at radius 3 is 2.80 bits per heavy atom. The van der Waals surface area contributed by atoms with E-state index in [1.807, 2.05) is 19.9 Å². The Balaban J connectivity index is 0.00000124. The minimum atomic E-state index is -0.863. The molecule has 0 saturated carbocycles. The van der Waals surface area contributed by atoms with Gasteiger partial charge in [-0.2, -0.15) is 10.4 Å². The van der Waals surface area contributed by atoms with E-state index in [1.165, 1.54) is 10.7 Å². The van der Waals surface area contributed by atoms with Gasteiger partial charge >= 0.3 is 0 Å². The van der Waals surface area contributed by atoms with Crippen LogP contribution in [-0.4, -0.2) is 64.3 Å². The number of nitriles is 1. The van der Waals surface area contributed by atoms with E-state index in [-0.39, 0.29) is 29.5 Å². The SMILES string of the molecule is CC.[B]c1cnc2cc(C(=O)N3CCOC4(C=C(C#N)C(=O)C(C)(C)C4)C3)nn2c1. The summed E-state index contributed by atoms with van der Waals surface area (Å²) >= 11 is 0. The average molecular weight is 405 g/mol. The summed E-state index contributed by atoms with van der Waals surface area (Å²) in [4.78, 5) is 31.3. The highest BCUT2D eigenvalue weighted by molar-refractivity contribution is 6.31. The molecule has 1 saturated heterocycles. The number of hydrogen-bond acceptors (Lipinski definition) is 6. The number of nitrogens with zero attached hydrogens (tertiary/aromatic N) is 5. The van der Waals surface area contributed by atoms with E-state index in [4.69, 9.17) is 12.6 Å². The van der Waals surface area contributed by atoms with Gasteiger partial charge in [-0.05, 0) is 12.5 Å². The highest BCUT2D eigenvalue weighted by atomic mass is 16.5. The predicted molar refractivity (Wildman–Crippen MR) is 111 cm³/mol. The van der Waals surface area contributed by atoms with E-state index in [0.29, 0.717) is 30.7 Å². The summed E-state index contributed by atoms with van der Waals surface area (Å²) < 4.78 is 7.45. The summed E-state index contributed by atoms with van der Waals surface area (Å²) in [5, 5.41) is 13.6. The van der Waals surface area contributed by atoms with Gasteiger partial charge in [0.05, 0.1) is 18.7 Å². The quantitative estimate of drug-likeness (QED) is 0.662. The molecule has 0 N–H and O–H groups in total. The lowest BCUT2D eigenvalue weighted by molar-refractivity contribution is -0.134. The van der Waals surface area contributed by atoms with Gasteiger partial charge in [0, 0.05) is 30.4 Å². The molecule has 2 aromatic rings. The molecular weight excluding hydrogens is 381 g/mol. The predicted octanol–water partition coefficient (Wildman–Crippen LogP) is 1.21. The van der Waals surface area contributed by atoms with Gasteiger partial charge in [-0.3, -0.25) is 9.59 Å². The number of hydrogen-bond donors (Lipinski definition) is 0. The maximum absolute atomic E-state index is 13.0. The molecule has 0 bridgehead atoms. The Kier molecular flexibility index (Phi) is 5.82. The number of aromatic nitrogens is 3. The van der Waals surface area contributed by atoms with Crippen molar-refractivity contribution >= 4 is 30.6 Å². The molecule has 154 valence electrons. The van der Waals surface area contributed by atoms with Crippen LogP contribution in [0.25, 0.3) is 5.65 Å². The molecule has 0 aromatic carbocycles. The van der Waals surface area contributed by atoms with E-state index in [1.54, 1.807) is 37.1 Å². The molecule has 8 nitrogen and oxygen atoms in total. The zero-order valence-electron chi connectivity index (χ0n) is 17.7. The first kappa shape index (κ1) is 21.7. The summed E-state index contributed by atoms with van der Waals surface area (Å²) in [5.74, 6) is -0.454. The third-order valence-electron chi connectivity index (χ3n) is 5.18. The number of allylic oxidation sites excluding steroid dienone is 1. The van der Waals surface area contributed by atoms with Crippen molar-refractivity contribution in [3.63, 3.8) is 0 Å². The van der Waals surface area contributed by atoms with Crippen LogP contribution in [0.1, 0.15) is 44.6 Å². The Bertz CT molecular complexity index is 1070. The summed E-state index contributed by atoms with van der Waals surface area (Å²) in [5.41, 5.74) is -0.294. The summed E-state index contributed by atoms with van der Waals surface area (Å²) in [6.45, 7) is 8.54. The first-order valence-electron chi connectivity index (χ1n) is 9.95. The van der Waals surface area contributed by atoms with Crippen molar-refractivity contribution < 1.29 is 14.3 Å². The van der Waals surface area contributed by atoms with Gasteiger partial charge in [0.15, 0.2) is 17.1 Å². The molecule has 2 aromatic heterocycles. The number of Topliss-reactive ketones (excluding diaryl/α,β-unsaturated/α-hetero) is 1. The zero-order chi connectivity index (χ0) is 22.1. The lowest BCUT2D eigenvalue weighted by Gasteiger charge is -2.46. The van der Waals surface area contributed by atoms with Crippen molar-refractivity contribution in [2.24, 2.45) is 5.41 Å². The smallest absolute Gasteiger partial charge is 0.274 e. The second-order valence-corrected chi connectivity index (χ2v) is 7.92. The van der Waals surface area contributed by atoms with Gasteiger partial charge in [-0.15, -0.1) is 0 Å². The van der Waals surface area contributed by atoms with Gasteiger partial charge in [0.1, 0.15) is 19.5 Å². The van der Waals surface area contributed by atoms with Crippen LogP contribution in [0.15, 0.2) is 30.1 Å². The number of fused-ring (bicyclic) bond motifs is 1. The molecule has 1 fully saturated rings. The summed E-state index contributed by atoms with van der Waals surface area (Å²) in [7, 11) is 5.71. The average Bonchev–Trinajstić information content (AvgIpc) is 3.14. The zero-order valence-corrected chi connectivity index (χ0v) is 17.7. The first-order valence-corrected chi connectivity index (χ1v) is 9.95. The Morgan fingerprint density at radius 1 is 1.37 bits per heavy atom. The highest BCUT2D eigenvalue weighted by Crippen LogP contribution is 2.41. The molecule has 30 heavy (non-hydrogen) atoms. The third kappa shape index (κ3) is 3.88. The van der Waals surface area contributed by atoms with Crippen LogP contribution in [0.4, 0.5) is 0 Å². The summed E-state index contributed by atoms with van der Waals surface area (Å²) in [6, 6.07) is 3.58. The van der Waals surface area contributed by atoms with Gasteiger partial charge in [-0.1, -0.05) is 33.2 Å². The first-order chi connectivity index (χ1) is 14.2. The van der Waals surface area contributed by atoms with Gasteiger partial charge in [0.25, 0.3) is 5.91 Å². The molecule has 1 atom stereocenters. The van der Waals surface area contributed by atoms with Crippen LogP contribution in [0.5, 0.6) is 0 Å². The molecule has 2 aliphatic rings. The largest absolute Gasteiger partial charge is 0.367 e. The highest BCUT2D eigenvalue weighted by Gasteiger charge is 2.48. The van der Waals surface area contributed by atoms with Crippen LogP contribution in [0, 0.1) is 16.7 Å². The molecule has 4 rings (SSSR count). The normalized spacial score (nSPS) is 22.8. The number of ketones is 1. The maximum atomic E-state index is 13.0. The van der Waals surface area contributed by atoms with Crippen LogP contribution in [0.3, 0.4) is 0 Å². The van der Waals surface area contributed by atoms with Crippen molar-refractivity contribution in [3.05, 3.63) is 35.8 Å². The second-order valence-electron chi connectivity index (χ2n) is 7.92. The number of carbonyl (C=O) groups is 2. The molecule has 1 unspecified atom stereocenters. The van der Waals surface area contributed by atoms with Crippen molar-refractivity contribution in [2.75, 3.05) is 19.7 Å². The van der Waals surface area contributed by atoms with Crippen molar-refractivity contribution in [1.82, 2.24) is 19.5 Å². The third-order valence-corrected chi connectivity index (χ3v) is 5.18. The second kappa shape index (κ2) is 8.03. The lowest BCUT2D eigenvalue weighted by atomic mass is 9.69. The molecule has 1 spiro atoms. The molecule has 1 aliphatic carbocycles. The van der Waals surface area contributed by atoms with Gasteiger partial charge < -0.3 is 9.64 Å². The van der Waals surface area contributed by atoms with Crippen LogP contribution < -0.4 is 5.46 Å². The van der Waals surface area contributed by atoms with Crippen molar-refractivity contribution in [2.45, 2.75) is 39.7 Å². The van der Waals surface area contributed by atoms with E-state index in [9.17, 15) is 14.9 Å². The standard InChI is InChI=1S/C19H18BN5O3.C2H6/c1-18(2)10-19(6-12(7-21)16(18)26)11-24(3-4-28-19)17(27)14-5-15-22-8-13(20)9-25(15)23-14;1-2/h5-6,8-9H,3-4,10-11H2,1-2H3;1-2H3. The van der Waals surface area contributed by atoms with Gasteiger partial charge in [-0.25, -0.2) is 9.50 Å². The molecule has 9 heteroatoms. The summed E-state index contributed by atoms with van der Waals surface area (Å²) in [6.07, 6.45) is 5.07. The van der Waals surface area contributed by atoms with Crippen LogP contribution >= 0.6 is 0 Å². The van der Waals surface area contributed by atoms with E-state index >= 15 is 0 Å². The number of rotatable bonds is 1. The fourth-order valence-corrected chi connectivity index (χ4v) is 3.99. The lowest BCUT2D eigenvalue weighted by Crippen LogP contribution is -2.57. The molecule has 1 amide bonds. The number of amides is 1. The fraction of sp³-hybridized carbons (Fsp3) is 0.476. The monoisotopic (exact) mass is 405 g/mol. The molecule has 2 radical (unpaired) electrons. The van der Waals surface area contributed by atoms with E-state index in [0.717, 1.165) is 0 Å². The number of ether oxygens (including phenoxy) is 1. The topological polar surface area (TPSA) is 101 Å². The Hall–Kier alpha value is -2.99. The van der Waals surface area contributed by atoms with Crippen molar-refractivity contribution in [1.29, 1.82) is 5.26 Å². The maximum Gasteiger partial charge on any atom is 0.274 e.